The number of nitrogens with zero attached hydrogens (tertiary/aromatic N) is 2. The number of rotatable bonds is 5. The second-order valence-corrected chi connectivity index (χ2v) is 9.56. The molecule has 184 valence electrons. The first-order chi connectivity index (χ1) is 16.1. The van der Waals surface area contributed by atoms with Crippen molar-refractivity contribution in [1.82, 2.24) is 10.2 Å². The summed E-state index contributed by atoms with van der Waals surface area (Å²) < 4.78 is 41.2. The van der Waals surface area contributed by atoms with Gasteiger partial charge >= 0.3 is 6.18 Å². The van der Waals surface area contributed by atoms with Crippen LogP contribution in [0.25, 0.3) is 0 Å². The van der Waals surface area contributed by atoms with Crippen LogP contribution in [0.15, 0.2) is 36.4 Å². The van der Waals surface area contributed by atoms with Crippen molar-refractivity contribution in [2.45, 2.75) is 38.0 Å². The molecule has 2 aromatic carbocycles. The van der Waals surface area contributed by atoms with E-state index >= 15 is 0 Å². The zero-order chi connectivity index (χ0) is 24.5. The maximum atomic E-state index is 13.7. The van der Waals surface area contributed by atoms with Crippen molar-refractivity contribution in [2.24, 2.45) is 0 Å². The van der Waals surface area contributed by atoms with Gasteiger partial charge in [0.2, 0.25) is 5.91 Å². The van der Waals surface area contributed by atoms with Crippen LogP contribution in [0.2, 0.25) is 10.0 Å². The van der Waals surface area contributed by atoms with E-state index in [9.17, 15) is 18.0 Å². The van der Waals surface area contributed by atoms with Crippen LogP contribution in [-0.4, -0.2) is 49.6 Å². The molecule has 2 aromatic rings. The van der Waals surface area contributed by atoms with Crippen LogP contribution in [-0.2, 0) is 11.0 Å². The second kappa shape index (κ2) is 10.2. The molecule has 0 bridgehead atoms. The van der Waals surface area contributed by atoms with E-state index < -0.39 is 17.8 Å². The highest BCUT2D eigenvalue weighted by molar-refractivity contribution is 6.35. The topological polar surface area (TPSA) is 47.6 Å². The van der Waals surface area contributed by atoms with Crippen molar-refractivity contribution in [3.8, 4) is 0 Å². The summed E-state index contributed by atoms with van der Waals surface area (Å²) in [7, 11) is 0. The number of amides is 1. The van der Waals surface area contributed by atoms with Gasteiger partial charge in [0.1, 0.15) is 0 Å². The van der Waals surface area contributed by atoms with E-state index in [1.807, 2.05) is 9.80 Å². The molecule has 2 N–H and O–H groups in total. The number of hydrogen-bond acceptors (Lipinski definition) is 4. The lowest BCUT2D eigenvalue weighted by molar-refractivity contribution is -0.137. The number of halogens is 5. The predicted octanol–water partition coefficient (Wildman–Crippen LogP) is 5.59. The van der Waals surface area contributed by atoms with E-state index in [-0.39, 0.29) is 17.6 Å². The molecule has 0 aromatic heterocycles. The molecule has 0 spiro atoms. The summed E-state index contributed by atoms with van der Waals surface area (Å²) in [5.41, 5.74) is 0.569. The molecule has 2 heterocycles. The first-order valence-electron chi connectivity index (χ1n) is 11.3. The Bertz CT molecular complexity index is 1040. The number of nitrogens with one attached hydrogen (secondary N) is 2. The molecule has 0 saturated carbocycles. The van der Waals surface area contributed by atoms with Gasteiger partial charge < -0.3 is 20.4 Å². The monoisotopic (exact) mass is 514 g/mol. The van der Waals surface area contributed by atoms with Gasteiger partial charge in [0.25, 0.3) is 0 Å². The van der Waals surface area contributed by atoms with Gasteiger partial charge in [0, 0.05) is 47.6 Å². The van der Waals surface area contributed by atoms with E-state index in [4.69, 9.17) is 23.2 Å². The number of carbonyl (C=O) groups excluding carboxylic acids is 1. The highest BCUT2D eigenvalue weighted by Crippen LogP contribution is 2.39. The van der Waals surface area contributed by atoms with Crippen LogP contribution in [0.5, 0.6) is 0 Å². The fourth-order valence-corrected chi connectivity index (χ4v) is 5.13. The zero-order valence-corrected chi connectivity index (χ0v) is 20.3. The van der Waals surface area contributed by atoms with Gasteiger partial charge in [-0.2, -0.15) is 13.2 Å². The highest BCUT2D eigenvalue weighted by Gasteiger charge is 2.35. The molecule has 0 unspecified atom stereocenters. The summed E-state index contributed by atoms with van der Waals surface area (Å²) in [4.78, 5) is 16.5. The average Bonchev–Trinajstić information content (AvgIpc) is 3.33. The molecule has 0 radical (unpaired) electrons. The van der Waals surface area contributed by atoms with Crippen LogP contribution in [0, 0.1) is 0 Å². The molecular weight excluding hydrogens is 488 g/mol. The normalized spacial score (nSPS) is 19.9. The zero-order valence-electron chi connectivity index (χ0n) is 18.8. The van der Waals surface area contributed by atoms with Crippen LogP contribution in [0.4, 0.5) is 24.5 Å². The third-order valence-corrected chi connectivity index (χ3v) is 6.99. The van der Waals surface area contributed by atoms with Crippen molar-refractivity contribution in [1.29, 1.82) is 0 Å². The Morgan fingerprint density at radius 3 is 2.47 bits per heavy atom. The first-order valence-corrected chi connectivity index (χ1v) is 12.1. The Balaban J connectivity index is 1.51. The first kappa shape index (κ1) is 24.9. The van der Waals surface area contributed by atoms with E-state index in [0.29, 0.717) is 47.5 Å². The molecule has 2 saturated heterocycles. The number of alkyl halides is 3. The lowest BCUT2D eigenvalue weighted by Crippen LogP contribution is -2.53. The van der Waals surface area contributed by atoms with E-state index in [1.165, 1.54) is 12.1 Å². The Labute approximate surface area is 207 Å². The van der Waals surface area contributed by atoms with E-state index in [1.54, 1.807) is 25.1 Å². The maximum absolute atomic E-state index is 13.7. The number of piperazine rings is 1. The third kappa shape index (κ3) is 5.56. The summed E-state index contributed by atoms with van der Waals surface area (Å²) in [5, 5.41) is 7.06. The minimum absolute atomic E-state index is 0.0165. The number of carbonyl (C=O) groups is 1. The Kier molecular flexibility index (Phi) is 7.50. The standard InChI is InChI=1S/C24H27Cl2F3N4O/c1-15(18-6-4-16(25)13-20(18)26)31-22-14-17(5-7-19(22)24(27,28)29)32-9-11-33(12-10-32)23(34)21-3-2-8-30-21/h4-7,13-15,21,30-31H,2-3,8-12H2,1H3/t15-,21-/m1/s1. The molecule has 10 heteroatoms. The van der Waals surface area contributed by atoms with Crippen LogP contribution in [0.3, 0.4) is 0 Å². The lowest BCUT2D eigenvalue weighted by Gasteiger charge is -2.37. The number of hydrogen-bond donors (Lipinski definition) is 2. The van der Waals surface area contributed by atoms with Crippen molar-refractivity contribution < 1.29 is 18.0 Å². The van der Waals surface area contributed by atoms with Gasteiger partial charge in [-0.15, -0.1) is 0 Å². The van der Waals surface area contributed by atoms with Crippen molar-refractivity contribution in [3.63, 3.8) is 0 Å². The van der Waals surface area contributed by atoms with Gasteiger partial charge in [-0.3, -0.25) is 4.79 Å². The molecule has 2 atom stereocenters. The predicted molar refractivity (Wildman–Crippen MR) is 130 cm³/mol. The Morgan fingerprint density at radius 2 is 1.85 bits per heavy atom. The third-order valence-electron chi connectivity index (χ3n) is 6.42. The van der Waals surface area contributed by atoms with Crippen LogP contribution < -0.4 is 15.5 Å². The van der Waals surface area contributed by atoms with Gasteiger partial charge in [-0.1, -0.05) is 29.3 Å². The summed E-state index contributed by atoms with van der Waals surface area (Å²) in [6, 6.07) is 8.46. The quantitative estimate of drug-likeness (QED) is 0.546. The van der Waals surface area contributed by atoms with E-state index in [2.05, 4.69) is 10.6 Å². The minimum atomic E-state index is -4.51. The molecule has 34 heavy (non-hydrogen) atoms. The number of anilines is 2. The van der Waals surface area contributed by atoms with Crippen molar-refractivity contribution >= 4 is 40.5 Å². The van der Waals surface area contributed by atoms with Gasteiger partial charge in [-0.05, 0) is 62.2 Å². The molecule has 4 rings (SSSR count). The second-order valence-electron chi connectivity index (χ2n) is 8.72. The molecule has 0 aliphatic carbocycles. The summed E-state index contributed by atoms with van der Waals surface area (Å²) >= 11 is 12.2. The maximum Gasteiger partial charge on any atom is 0.418 e. The summed E-state index contributed by atoms with van der Waals surface area (Å²) in [6.45, 7) is 4.81. The van der Waals surface area contributed by atoms with Crippen LogP contribution in [0.1, 0.15) is 36.9 Å². The molecule has 5 nitrogen and oxygen atoms in total. The minimum Gasteiger partial charge on any atom is -0.378 e. The van der Waals surface area contributed by atoms with Gasteiger partial charge in [0.15, 0.2) is 0 Å². The molecule has 2 aliphatic heterocycles. The molecule has 2 fully saturated rings. The van der Waals surface area contributed by atoms with Crippen molar-refractivity contribution in [2.75, 3.05) is 42.9 Å². The Morgan fingerprint density at radius 1 is 1.12 bits per heavy atom. The van der Waals surface area contributed by atoms with E-state index in [0.717, 1.165) is 25.5 Å². The molecular formula is C24H27Cl2F3N4O. The fraction of sp³-hybridized carbons (Fsp3) is 0.458. The van der Waals surface area contributed by atoms with Gasteiger partial charge in [0.05, 0.1) is 17.6 Å². The van der Waals surface area contributed by atoms with Crippen LogP contribution >= 0.6 is 23.2 Å². The number of benzene rings is 2. The Hall–Kier alpha value is -2.16. The van der Waals surface area contributed by atoms with Gasteiger partial charge in [-0.25, -0.2) is 0 Å². The SMILES string of the molecule is C[C@@H](Nc1cc(N2CCN(C(=O)[C@H]3CCCN3)CC2)ccc1C(F)(F)F)c1ccc(Cl)cc1Cl. The largest absolute Gasteiger partial charge is 0.418 e. The fourth-order valence-electron chi connectivity index (χ4n) is 4.56. The highest BCUT2D eigenvalue weighted by atomic mass is 35.5. The average molecular weight is 515 g/mol. The van der Waals surface area contributed by atoms with Crippen molar-refractivity contribution in [3.05, 3.63) is 57.6 Å². The summed E-state index contributed by atoms with van der Waals surface area (Å²) in [5.74, 6) is 0.112. The smallest absolute Gasteiger partial charge is 0.378 e. The lowest BCUT2D eigenvalue weighted by atomic mass is 10.1. The molecule has 1 amide bonds. The molecule has 2 aliphatic rings. The summed E-state index contributed by atoms with van der Waals surface area (Å²) in [6.07, 6.45) is -2.66.